The van der Waals surface area contributed by atoms with Crippen LogP contribution < -0.4 is 6.15 Å². The summed E-state index contributed by atoms with van der Waals surface area (Å²) in [7, 11) is 0. The van der Waals surface area contributed by atoms with Crippen LogP contribution in [0.3, 0.4) is 0 Å². The number of thiazole rings is 1. The number of hydrogen-bond acceptors (Lipinski definition) is 4. The van der Waals surface area contributed by atoms with Crippen LogP contribution in [0.4, 0.5) is 0 Å². The van der Waals surface area contributed by atoms with Gasteiger partial charge in [-0.15, -0.1) is 11.3 Å². The van der Waals surface area contributed by atoms with Crippen LogP contribution >= 0.6 is 11.3 Å². The van der Waals surface area contributed by atoms with E-state index in [0.29, 0.717) is 4.88 Å². The minimum atomic E-state index is 0. The average Bonchev–Trinajstić information content (AvgIpc) is 2.14. The maximum atomic E-state index is 8.15. The summed E-state index contributed by atoms with van der Waals surface area (Å²) in [5.41, 5.74) is 1.64. The molecular weight excluding hydrogens is 122 g/mol. The molecule has 0 spiro atoms. The van der Waals surface area contributed by atoms with Crippen molar-refractivity contribution in [3.05, 3.63) is 16.6 Å². The molecule has 1 rings (SSSR count). The lowest BCUT2D eigenvalue weighted by Crippen LogP contribution is -1.53. The Morgan fingerprint density at radius 2 is 2.50 bits per heavy atom. The lowest BCUT2D eigenvalue weighted by molar-refractivity contribution is 1.41. The van der Waals surface area contributed by atoms with Gasteiger partial charge in [0.15, 0.2) is 0 Å². The highest BCUT2D eigenvalue weighted by Gasteiger charge is 1.84. The number of nitrogens with zero attached hydrogens (tertiary/aromatic N) is 2. The zero-order valence-electron chi connectivity index (χ0n) is 4.16. The Bertz CT molecular complexity index is 174. The van der Waals surface area contributed by atoms with E-state index in [4.69, 9.17) is 5.26 Å². The number of nitriles is 1. The van der Waals surface area contributed by atoms with E-state index >= 15 is 0 Å². The smallest absolute Gasteiger partial charge is 0.124 e. The Kier molecular flexibility index (Phi) is 2.77. The van der Waals surface area contributed by atoms with E-state index < -0.39 is 0 Å². The highest BCUT2D eigenvalue weighted by Crippen LogP contribution is 2.00. The predicted octanol–water partition coefficient (Wildman–Crippen LogP) is 1.18. The van der Waals surface area contributed by atoms with Gasteiger partial charge in [-0.2, -0.15) is 5.26 Å². The second-order valence-electron chi connectivity index (χ2n) is 0.977. The minimum absolute atomic E-state index is 0. The first kappa shape index (κ1) is 7.08. The van der Waals surface area contributed by atoms with Gasteiger partial charge in [-0.05, 0) is 0 Å². The SMILES string of the molecule is N.N#Cc1cncs1. The van der Waals surface area contributed by atoms with E-state index in [-0.39, 0.29) is 6.15 Å². The Balaban J connectivity index is 0.000000490. The Labute approximate surface area is 51.2 Å². The molecule has 3 nitrogen and oxygen atoms in total. The van der Waals surface area contributed by atoms with Crippen LogP contribution in [-0.4, -0.2) is 4.98 Å². The van der Waals surface area contributed by atoms with Gasteiger partial charge in [0.1, 0.15) is 10.9 Å². The number of aromatic nitrogens is 1. The molecule has 0 radical (unpaired) electrons. The van der Waals surface area contributed by atoms with Crippen LogP contribution in [0.25, 0.3) is 0 Å². The normalized spacial score (nSPS) is 6.88. The molecule has 42 valence electrons. The van der Waals surface area contributed by atoms with Gasteiger partial charge in [-0.1, -0.05) is 0 Å². The molecule has 0 aliphatic carbocycles. The average molecular weight is 127 g/mol. The quantitative estimate of drug-likeness (QED) is 0.568. The monoisotopic (exact) mass is 127 g/mol. The highest BCUT2D eigenvalue weighted by atomic mass is 32.1. The molecule has 1 heterocycles. The van der Waals surface area contributed by atoms with Gasteiger partial charge in [0.25, 0.3) is 0 Å². The van der Waals surface area contributed by atoms with Gasteiger partial charge in [0.2, 0.25) is 0 Å². The molecule has 1 aromatic heterocycles. The molecule has 3 N–H and O–H groups in total. The predicted molar refractivity (Wildman–Crippen MR) is 31.9 cm³/mol. The van der Waals surface area contributed by atoms with Gasteiger partial charge in [-0.25, -0.2) is 0 Å². The summed E-state index contributed by atoms with van der Waals surface area (Å²) in [5.74, 6) is 0. The van der Waals surface area contributed by atoms with Crippen LogP contribution in [0.15, 0.2) is 11.7 Å². The van der Waals surface area contributed by atoms with Gasteiger partial charge >= 0.3 is 0 Å². The fourth-order valence-corrected chi connectivity index (χ4v) is 0.681. The highest BCUT2D eigenvalue weighted by molar-refractivity contribution is 7.10. The molecule has 0 aromatic carbocycles. The third-order valence-corrected chi connectivity index (χ3v) is 1.22. The van der Waals surface area contributed by atoms with Crippen LogP contribution in [-0.2, 0) is 0 Å². The van der Waals surface area contributed by atoms with Crippen molar-refractivity contribution in [1.82, 2.24) is 11.1 Å². The molecule has 0 saturated carbocycles. The summed E-state index contributed by atoms with van der Waals surface area (Å²) in [4.78, 5) is 4.36. The third-order valence-electron chi connectivity index (χ3n) is 0.543. The second-order valence-corrected chi connectivity index (χ2v) is 1.86. The van der Waals surface area contributed by atoms with Gasteiger partial charge in [0, 0.05) is 0 Å². The summed E-state index contributed by atoms with van der Waals surface area (Å²) in [6.07, 6.45) is 1.55. The summed E-state index contributed by atoms with van der Waals surface area (Å²) in [6, 6.07) is 1.96. The van der Waals surface area contributed by atoms with Crippen LogP contribution in [0.1, 0.15) is 4.88 Å². The van der Waals surface area contributed by atoms with Gasteiger partial charge < -0.3 is 6.15 Å². The topological polar surface area (TPSA) is 71.7 Å². The Morgan fingerprint density at radius 1 is 1.75 bits per heavy atom. The van der Waals surface area contributed by atoms with Crippen molar-refractivity contribution in [2.24, 2.45) is 0 Å². The van der Waals surface area contributed by atoms with Crippen LogP contribution in [0.5, 0.6) is 0 Å². The molecule has 0 unspecified atom stereocenters. The lowest BCUT2D eigenvalue weighted by Gasteiger charge is -1.60. The molecular formula is C4H5N3S. The maximum Gasteiger partial charge on any atom is 0.124 e. The second kappa shape index (κ2) is 3.13. The third kappa shape index (κ3) is 1.30. The molecule has 0 amide bonds. The van der Waals surface area contributed by atoms with E-state index in [1.807, 2.05) is 6.07 Å². The van der Waals surface area contributed by atoms with Crippen LogP contribution in [0.2, 0.25) is 0 Å². The Hall–Kier alpha value is -0.920. The van der Waals surface area contributed by atoms with E-state index in [1.165, 1.54) is 11.3 Å². The van der Waals surface area contributed by atoms with Crippen molar-refractivity contribution < 1.29 is 0 Å². The van der Waals surface area contributed by atoms with Crippen molar-refractivity contribution in [3.63, 3.8) is 0 Å². The van der Waals surface area contributed by atoms with Gasteiger partial charge in [-0.3, -0.25) is 4.98 Å². The largest absolute Gasteiger partial charge is 0.344 e. The first-order valence-electron chi connectivity index (χ1n) is 1.72. The van der Waals surface area contributed by atoms with Gasteiger partial charge in [0.05, 0.1) is 11.7 Å². The molecule has 0 fully saturated rings. The van der Waals surface area contributed by atoms with E-state index in [0.717, 1.165) is 0 Å². The molecule has 0 saturated heterocycles. The van der Waals surface area contributed by atoms with E-state index in [9.17, 15) is 0 Å². The molecule has 0 bridgehead atoms. The maximum absolute atomic E-state index is 8.15. The summed E-state index contributed by atoms with van der Waals surface area (Å²) < 4.78 is 0. The van der Waals surface area contributed by atoms with Crippen molar-refractivity contribution in [3.8, 4) is 6.07 Å². The fraction of sp³-hybridized carbons (Fsp3) is 0. The molecule has 0 aliphatic rings. The standard InChI is InChI=1S/C4H2N2S.H3N/c5-1-4-2-6-3-7-4;/h2-3H;1H3. The molecule has 1 aromatic rings. The van der Waals surface area contributed by atoms with Crippen molar-refractivity contribution >= 4 is 11.3 Å². The molecule has 0 aliphatic heterocycles. The van der Waals surface area contributed by atoms with Crippen molar-refractivity contribution in [2.45, 2.75) is 0 Å². The minimum Gasteiger partial charge on any atom is -0.344 e. The summed E-state index contributed by atoms with van der Waals surface area (Å²) >= 11 is 1.35. The fourth-order valence-electron chi connectivity index (χ4n) is 0.271. The first-order valence-corrected chi connectivity index (χ1v) is 2.60. The van der Waals surface area contributed by atoms with Crippen molar-refractivity contribution in [1.29, 1.82) is 5.26 Å². The number of rotatable bonds is 0. The zero-order chi connectivity index (χ0) is 5.11. The molecule has 4 heteroatoms. The summed E-state index contributed by atoms with van der Waals surface area (Å²) in [5, 5.41) is 8.15. The van der Waals surface area contributed by atoms with Crippen LogP contribution in [0, 0.1) is 11.3 Å². The van der Waals surface area contributed by atoms with E-state index in [2.05, 4.69) is 4.98 Å². The molecule has 0 atom stereocenters. The van der Waals surface area contributed by atoms with Crippen molar-refractivity contribution in [2.75, 3.05) is 0 Å². The zero-order valence-corrected chi connectivity index (χ0v) is 4.98. The van der Waals surface area contributed by atoms with E-state index in [1.54, 1.807) is 11.7 Å². The molecule has 8 heavy (non-hydrogen) atoms. The number of hydrogen-bond donors (Lipinski definition) is 1. The Morgan fingerprint density at radius 3 is 2.75 bits per heavy atom. The summed E-state index contributed by atoms with van der Waals surface area (Å²) in [6.45, 7) is 0. The first-order chi connectivity index (χ1) is 3.43. The lowest BCUT2D eigenvalue weighted by atomic mass is 10.6.